The summed E-state index contributed by atoms with van der Waals surface area (Å²) in [5.41, 5.74) is 0.951. The molecule has 2 rings (SSSR count). The molecule has 2 aliphatic heterocycles. The predicted molar refractivity (Wildman–Crippen MR) is 89.4 cm³/mol. The zero-order chi connectivity index (χ0) is 16.3. The van der Waals surface area contributed by atoms with Crippen molar-refractivity contribution in [3.8, 4) is 0 Å². The largest absolute Gasteiger partial charge is 0.349 e. The molecule has 1 atom stereocenters. The van der Waals surface area contributed by atoms with Crippen molar-refractivity contribution in [2.75, 3.05) is 39.8 Å². The van der Waals surface area contributed by atoms with E-state index >= 15 is 0 Å². The predicted octanol–water partition coefficient (Wildman–Crippen LogP) is 0.202. The number of nitrogens with one attached hydrogen (secondary N) is 1. The van der Waals surface area contributed by atoms with Gasteiger partial charge in [0, 0.05) is 33.2 Å². The molecule has 0 spiro atoms. The van der Waals surface area contributed by atoms with Crippen LogP contribution in [0.1, 0.15) is 20.3 Å². The number of amides is 2. The van der Waals surface area contributed by atoms with Gasteiger partial charge in [0.05, 0.1) is 0 Å². The van der Waals surface area contributed by atoms with Crippen molar-refractivity contribution in [1.29, 1.82) is 0 Å². The minimum atomic E-state index is -0.533. The number of hydrogen-bond acceptors (Lipinski definition) is 4. The van der Waals surface area contributed by atoms with E-state index in [2.05, 4.69) is 12.2 Å². The van der Waals surface area contributed by atoms with Crippen LogP contribution in [0, 0.1) is 0 Å². The molecular formula is C15H24N4O2S. The Morgan fingerprint density at radius 1 is 1.45 bits per heavy atom. The molecule has 6 nitrogen and oxygen atoms in total. The number of piperazine rings is 1. The molecule has 1 N–H and O–H groups in total. The maximum Gasteiger partial charge on any atom is 0.256 e. The molecule has 1 unspecified atom stereocenters. The van der Waals surface area contributed by atoms with E-state index in [1.807, 2.05) is 17.9 Å². The lowest BCUT2D eigenvalue weighted by Gasteiger charge is -2.41. The highest BCUT2D eigenvalue weighted by atomic mass is 32.1. The van der Waals surface area contributed by atoms with Crippen molar-refractivity contribution in [1.82, 2.24) is 20.0 Å². The highest BCUT2D eigenvalue weighted by molar-refractivity contribution is 7.80. The number of thiocarbonyl (C=S) groups is 1. The summed E-state index contributed by atoms with van der Waals surface area (Å²) in [6.45, 7) is 7.01. The molecule has 2 heterocycles. The summed E-state index contributed by atoms with van der Waals surface area (Å²) in [6, 6.07) is -0.533. The number of hydrogen-bond donors (Lipinski definition) is 1. The third-order valence-electron chi connectivity index (χ3n) is 4.14. The Morgan fingerprint density at radius 3 is 2.73 bits per heavy atom. The number of likely N-dealkylation sites (N-methyl/N-ethyl adjacent to an activating group) is 1. The van der Waals surface area contributed by atoms with Crippen molar-refractivity contribution in [3.63, 3.8) is 0 Å². The van der Waals surface area contributed by atoms with Crippen LogP contribution in [0.4, 0.5) is 0 Å². The van der Waals surface area contributed by atoms with Crippen molar-refractivity contribution >= 4 is 29.1 Å². The van der Waals surface area contributed by atoms with Gasteiger partial charge in [-0.15, -0.1) is 0 Å². The van der Waals surface area contributed by atoms with Gasteiger partial charge < -0.3 is 15.1 Å². The van der Waals surface area contributed by atoms with Gasteiger partial charge in [-0.2, -0.15) is 0 Å². The molecule has 0 radical (unpaired) electrons. The quantitative estimate of drug-likeness (QED) is 0.591. The van der Waals surface area contributed by atoms with E-state index in [9.17, 15) is 9.59 Å². The summed E-state index contributed by atoms with van der Waals surface area (Å²) in [5.74, 6) is -0.177. The Balaban J connectivity index is 2.23. The first-order valence-electron chi connectivity index (χ1n) is 7.76. The van der Waals surface area contributed by atoms with Crippen LogP contribution in [-0.4, -0.2) is 77.4 Å². The van der Waals surface area contributed by atoms with Crippen molar-refractivity contribution in [3.05, 3.63) is 11.6 Å². The van der Waals surface area contributed by atoms with Crippen LogP contribution in [0.25, 0.3) is 0 Å². The zero-order valence-corrected chi connectivity index (χ0v) is 14.3. The Labute approximate surface area is 137 Å². The third-order valence-corrected chi connectivity index (χ3v) is 4.62. The first-order chi connectivity index (χ1) is 10.5. The van der Waals surface area contributed by atoms with E-state index in [0.29, 0.717) is 11.7 Å². The van der Waals surface area contributed by atoms with Gasteiger partial charge in [-0.05, 0) is 31.1 Å². The van der Waals surface area contributed by atoms with Gasteiger partial charge in [-0.1, -0.05) is 13.0 Å². The van der Waals surface area contributed by atoms with Gasteiger partial charge in [0.2, 0.25) is 5.91 Å². The molecule has 1 saturated heterocycles. The summed E-state index contributed by atoms with van der Waals surface area (Å²) in [5, 5.41) is 3.64. The van der Waals surface area contributed by atoms with Crippen molar-refractivity contribution in [2.45, 2.75) is 26.3 Å². The molecule has 1 fully saturated rings. The fourth-order valence-corrected chi connectivity index (χ4v) is 3.26. The average molecular weight is 324 g/mol. The summed E-state index contributed by atoms with van der Waals surface area (Å²) in [4.78, 5) is 30.2. The molecule has 122 valence electrons. The zero-order valence-electron chi connectivity index (χ0n) is 13.5. The van der Waals surface area contributed by atoms with Crippen molar-refractivity contribution < 1.29 is 9.59 Å². The molecule has 22 heavy (non-hydrogen) atoms. The van der Waals surface area contributed by atoms with E-state index in [1.165, 1.54) is 9.80 Å². The van der Waals surface area contributed by atoms with E-state index in [-0.39, 0.29) is 18.4 Å². The minimum absolute atomic E-state index is 0.0333. The molecule has 2 aliphatic rings. The summed E-state index contributed by atoms with van der Waals surface area (Å²) >= 11 is 5.48. The van der Waals surface area contributed by atoms with Gasteiger partial charge in [-0.3, -0.25) is 14.5 Å². The number of carbonyl (C=O) groups is 2. The van der Waals surface area contributed by atoms with Crippen molar-refractivity contribution in [2.24, 2.45) is 0 Å². The molecule has 7 heteroatoms. The van der Waals surface area contributed by atoms with E-state index in [0.717, 1.165) is 31.6 Å². The average Bonchev–Trinajstić information content (AvgIpc) is 3.02. The second-order valence-corrected chi connectivity index (χ2v) is 5.97. The number of nitrogens with zero attached hydrogens (tertiary/aromatic N) is 3. The highest BCUT2D eigenvalue weighted by Crippen LogP contribution is 2.20. The first kappa shape index (κ1) is 16.9. The van der Waals surface area contributed by atoms with Gasteiger partial charge in [0.1, 0.15) is 12.6 Å². The second-order valence-electron chi connectivity index (χ2n) is 5.60. The van der Waals surface area contributed by atoms with Crippen LogP contribution in [0.2, 0.25) is 0 Å². The molecule has 2 amide bonds. The molecule has 0 saturated carbocycles. The summed E-state index contributed by atoms with van der Waals surface area (Å²) < 4.78 is 0. The Kier molecular flexibility index (Phi) is 5.52. The van der Waals surface area contributed by atoms with Crippen LogP contribution in [0.15, 0.2) is 11.6 Å². The van der Waals surface area contributed by atoms with Crippen LogP contribution in [-0.2, 0) is 9.59 Å². The Hall–Kier alpha value is -1.47. The molecule has 0 bridgehead atoms. The molecule has 0 aliphatic carbocycles. The molecular weight excluding hydrogens is 300 g/mol. The first-order valence-corrected chi connectivity index (χ1v) is 8.17. The molecule has 0 aromatic rings. The maximum atomic E-state index is 12.9. The van der Waals surface area contributed by atoms with Gasteiger partial charge in [0.25, 0.3) is 5.91 Å². The Morgan fingerprint density at radius 2 is 2.18 bits per heavy atom. The highest BCUT2D eigenvalue weighted by Gasteiger charge is 2.41. The normalized spacial score (nSPS) is 22.1. The monoisotopic (exact) mass is 324 g/mol. The SMILES string of the molecule is CCCN(CC)C(=S)N1CC(=O)N(C)C(C2=CCNC2)C1=O. The standard InChI is InChI=1S/C15H24N4O2S/c1-4-8-18(5-2)15(22)19-10-12(20)17(3)13(14(19)21)11-6-7-16-9-11/h6,13,16H,4-5,7-10H2,1-3H3. The fraction of sp³-hybridized carbons (Fsp3) is 0.667. The molecule has 0 aromatic carbocycles. The van der Waals surface area contributed by atoms with Gasteiger partial charge >= 0.3 is 0 Å². The minimum Gasteiger partial charge on any atom is -0.349 e. The maximum absolute atomic E-state index is 12.9. The van der Waals surface area contributed by atoms with E-state index in [4.69, 9.17) is 12.2 Å². The fourth-order valence-electron chi connectivity index (χ4n) is 2.88. The molecule has 0 aromatic heterocycles. The number of carbonyl (C=O) groups excluding carboxylic acids is 2. The van der Waals surface area contributed by atoms with Crippen LogP contribution < -0.4 is 5.32 Å². The van der Waals surface area contributed by atoms with Crippen LogP contribution in [0.5, 0.6) is 0 Å². The van der Waals surface area contributed by atoms with E-state index < -0.39 is 6.04 Å². The smallest absolute Gasteiger partial charge is 0.256 e. The Bertz CT molecular complexity index is 506. The lowest BCUT2D eigenvalue weighted by Crippen LogP contribution is -2.62. The summed E-state index contributed by atoms with van der Waals surface area (Å²) in [7, 11) is 1.69. The van der Waals surface area contributed by atoms with Crippen LogP contribution in [0.3, 0.4) is 0 Å². The second kappa shape index (κ2) is 7.19. The summed E-state index contributed by atoms with van der Waals surface area (Å²) in [6.07, 6.45) is 2.94. The van der Waals surface area contributed by atoms with Crippen LogP contribution >= 0.6 is 12.2 Å². The lowest BCUT2D eigenvalue weighted by atomic mass is 10.0. The van der Waals surface area contributed by atoms with Gasteiger partial charge in [0.15, 0.2) is 5.11 Å². The third kappa shape index (κ3) is 3.15. The van der Waals surface area contributed by atoms with Gasteiger partial charge in [-0.25, -0.2) is 0 Å². The number of rotatable bonds is 4. The lowest BCUT2D eigenvalue weighted by molar-refractivity contribution is -0.149. The van der Waals surface area contributed by atoms with E-state index in [1.54, 1.807) is 7.05 Å². The topological polar surface area (TPSA) is 55.9 Å².